The lowest BCUT2D eigenvalue weighted by Crippen LogP contribution is -2.37. The van der Waals surface area contributed by atoms with Crippen molar-refractivity contribution in [2.24, 2.45) is 0 Å². The summed E-state index contributed by atoms with van der Waals surface area (Å²) in [6.45, 7) is 2.11. The molecular formula is C26H20Br2N4O. The van der Waals surface area contributed by atoms with Crippen molar-refractivity contribution in [1.82, 2.24) is 14.8 Å². The SMILES string of the molecule is Cc1ccc2c(c1)C1=C([C@H](c3ccc(Br)cc3)O2)[C@@H](c2ccc(Br)cc2)n2ncnc2N1C. The Hall–Kier alpha value is -2.90. The Balaban J connectivity index is 1.66. The largest absolute Gasteiger partial charge is 0.480 e. The number of halogens is 2. The Morgan fingerprint density at radius 2 is 1.55 bits per heavy atom. The molecule has 164 valence electrons. The van der Waals surface area contributed by atoms with E-state index in [9.17, 15) is 0 Å². The number of aromatic nitrogens is 3. The Kier molecular flexibility index (Phi) is 4.92. The first kappa shape index (κ1) is 20.7. The second kappa shape index (κ2) is 7.85. The van der Waals surface area contributed by atoms with Gasteiger partial charge >= 0.3 is 0 Å². The van der Waals surface area contributed by atoms with Gasteiger partial charge in [0, 0.05) is 27.1 Å². The van der Waals surface area contributed by atoms with Crippen molar-refractivity contribution in [3.63, 3.8) is 0 Å². The minimum Gasteiger partial charge on any atom is -0.480 e. The molecule has 7 heteroatoms. The van der Waals surface area contributed by atoms with Crippen LogP contribution in [0.15, 0.2) is 87.6 Å². The average molecular weight is 564 g/mol. The summed E-state index contributed by atoms with van der Waals surface area (Å²) in [5.74, 6) is 1.69. The van der Waals surface area contributed by atoms with E-state index in [4.69, 9.17) is 4.74 Å². The summed E-state index contributed by atoms with van der Waals surface area (Å²) in [7, 11) is 2.06. The van der Waals surface area contributed by atoms with Gasteiger partial charge in [0.05, 0.1) is 5.70 Å². The number of nitrogens with zero attached hydrogens (tertiary/aromatic N) is 4. The van der Waals surface area contributed by atoms with Crippen LogP contribution in [0, 0.1) is 6.92 Å². The number of hydrogen-bond acceptors (Lipinski definition) is 4. The van der Waals surface area contributed by atoms with Gasteiger partial charge in [0.2, 0.25) is 5.95 Å². The molecule has 0 fully saturated rings. The predicted octanol–water partition coefficient (Wildman–Crippen LogP) is 6.70. The van der Waals surface area contributed by atoms with Crippen molar-refractivity contribution in [3.05, 3.63) is 110 Å². The molecule has 1 aromatic heterocycles. The van der Waals surface area contributed by atoms with E-state index < -0.39 is 0 Å². The summed E-state index contributed by atoms with van der Waals surface area (Å²) in [5, 5.41) is 4.65. The fraction of sp³-hybridized carbons (Fsp3) is 0.154. The molecule has 0 saturated heterocycles. The van der Waals surface area contributed by atoms with Crippen LogP contribution in [-0.4, -0.2) is 21.8 Å². The third-order valence-electron chi connectivity index (χ3n) is 6.28. The fourth-order valence-electron chi connectivity index (χ4n) is 4.80. The highest BCUT2D eigenvalue weighted by molar-refractivity contribution is 9.10. The number of hydrogen-bond donors (Lipinski definition) is 0. The standard InChI is InChI=1S/C26H20Br2N4O/c1-15-3-12-21-20(13-15)24-22(25(33-21)17-6-10-19(28)11-7-17)23(16-4-8-18(27)9-5-16)32-26(31(24)2)29-14-30-32/h3-14,23,25H,1-2H3/t23-,25+/m1/s1. The molecule has 5 nitrogen and oxygen atoms in total. The first-order valence-electron chi connectivity index (χ1n) is 10.7. The first-order chi connectivity index (χ1) is 16.0. The molecular weight excluding hydrogens is 544 g/mol. The summed E-state index contributed by atoms with van der Waals surface area (Å²) in [6.07, 6.45) is 1.36. The van der Waals surface area contributed by atoms with Crippen LogP contribution in [0.1, 0.15) is 34.4 Å². The summed E-state index contributed by atoms with van der Waals surface area (Å²) < 4.78 is 10.8. The van der Waals surface area contributed by atoms with Crippen LogP contribution in [0.5, 0.6) is 5.75 Å². The van der Waals surface area contributed by atoms with Crippen molar-refractivity contribution in [1.29, 1.82) is 0 Å². The molecule has 2 atom stereocenters. The molecule has 3 aromatic carbocycles. The van der Waals surface area contributed by atoms with Gasteiger partial charge in [-0.1, -0.05) is 67.8 Å². The number of aryl methyl sites for hydroxylation is 1. The third-order valence-corrected chi connectivity index (χ3v) is 7.34. The highest BCUT2D eigenvalue weighted by atomic mass is 79.9. The van der Waals surface area contributed by atoms with Crippen molar-refractivity contribution in [2.45, 2.75) is 19.1 Å². The van der Waals surface area contributed by atoms with Gasteiger partial charge in [0.1, 0.15) is 24.2 Å². The fourth-order valence-corrected chi connectivity index (χ4v) is 5.33. The van der Waals surface area contributed by atoms with Gasteiger partial charge in [-0.15, -0.1) is 0 Å². The Bertz CT molecular complexity index is 1390. The minimum atomic E-state index is -0.267. The van der Waals surface area contributed by atoms with Crippen LogP contribution in [0.3, 0.4) is 0 Å². The van der Waals surface area contributed by atoms with E-state index in [0.717, 1.165) is 48.6 Å². The highest BCUT2D eigenvalue weighted by Gasteiger charge is 2.43. The molecule has 0 aliphatic carbocycles. The number of ether oxygens (including phenoxy) is 1. The second-order valence-electron chi connectivity index (χ2n) is 8.37. The van der Waals surface area contributed by atoms with E-state index in [2.05, 4.69) is 128 Å². The maximum absolute atomic E-state index is 6.73. The number of benzene rings is 3. The molecule has 4 aromatic rings. The monoisotopic (exact) mass is 562 g/mol. The van der Waals surface area contributed by atoms with Crippen LogP contribution >= 0.6 is 31.9 Å². The smallest absolute Gasteiger partial charge is 0.229 e. The molecule has 3 heterocycles. The van der Waals surface area contributed by atoms with Gasteiger partial charge in [-0.25, -0.2) is 4.68 Å². The van der Waals surface area contributed by atoms with Gasteiger partial charge in [-0.3, -0.25) is 0 Å². The Labute approximate surface area is 209 Å². The maximum atomic E-state index is 6.73. The van der Waals surface area contributed by atoms with Crippen molar-refractivity contribution in [3.8, 4) is 5.75 Å². The van der Waals surface area contributed by atoms with E-state index in [-0.39, 0.29) is 12.1 Å². The summed E-state index contributed by atoms with van der Waals surface area (Å²) in [4.78, 5) is 6.76. The van der Waals surface area contributed by atoms with Crippen LogP contribution in [0.2, 0.25) is 0 Å². The molecule has 0 N–H and O–H groups in total. The lowest BCUT2D eigenvalue weighted by Gasteiger charge is -2.42. The third kappa shape index (κ3) is 3.33. The molecule has 6 rings (SSSR count). The Morgan fingerprint density at radius 1 is 0.879 bits per heavy atom. The molecule has 0 spiro atoms. The van der Waals surface area contributed by atoms with E-state index in [0.29, 0.717) is 0 Å². The van der Waals surface area contributed by atoms with Crippen LogP contribution in [0.25, 0.3) is 5.70 Å². The molecule has 2 aliphatic rings. The molecule has 2 aliphatic heterocycles. The van der Waals surface area contributed by atoms with E-state index in [1.165, 1.54) is 5.56 Å². The van der Waals surface area contributed by atoms with Crippen molar-refractivity contribution in [2.75, 3.05) is 11.9 Å². The Morgan fingerprint density at radius 3 is 2.24 bits per heavy atom. The molecule has 0 amide bonds. The summed E-state index contributed by atoms with van der Waals surface area (Å²) in [6, 6.07) is 23.0. The molecule has 0 saturated carbocycles. The highest BCUT2D eigenvalue weighted by Crippen LogP contribution is 2.52. The molecule has 0 radical (unpaired) electrons. The lowest BCUT2D eigenvalue weighted by atomic mass is 9.84. The van der Waals surface area contributed by atoms with Crippen LogP contribution < -0.4 is 9.64 Å². The topological polar surface area (TPSA) is 43.2 Å². The van der Waals surface area contributed by atoms with Crippen LogP contribution in [-0.2, 0) is 0 Å². The van der Waals surface area contributed by atoms with Gasteiger partial charge in [-0.2, -0.15) is 10.1 Å². The van der Waals surface area contributed by atoms with Gasteiger partial charge < -0.3 is 9.64 Å². The van der Waals surface area contributed by atoms with Crippen LogP contribution in [0.4, 0.5) is 5.95 Å². The van der Waals surface area contributed by atoms with E-state index in [1.807, 2.05) is 4.68 Å². The minimum absolute atomic E-state index is 0.149. The molecule has 33 heavy (non-hydrogen) atoms. The maximum Gasteiger partial charge on any atom is 0.229 e. The first-order valence-corrected chi connectivity index (χ1v) is 12.3. The lowest BCUT2D eigenvalue weighted by molar-refractivity contribution is 0.222. The number of rotatable bonds is 2. The zero-order chi connectivity index (χ0) is 22.7. The normalized spacial score (nSPS) is 19.0. The summed E-state index contributed by atoms with van der Waals surface area (Å²) >= 11 is 7.14. The van der Waals surface area contributed by atoms with Gasteiger partial charge in [0.25, 0.3) is 0 Å². The number of anilines is 1. The zero-order valence-corrected chi connectivity index (χ0v) is 21.2. The van der Waals surface area contributed by atoms with Crippen molar-refractivity contribution < 1.29 is 4.74 Å². The molecule has 0 bridgehead atoms. The summed E-state index contributed by atoms with van der Waals surface area (Å²) in [5.41, 5.74) is 6.77. The second-order valence-corrected chi connectivity index (χ2v) is 10.2. The predicted molar refractivity (Wildman–Crippen MR) is 136 cm³/mol. The van der Waals surface area contributed by atoms with E-state index >= 15 is 0 Å². The number of fused-ring (bicyclic) bond motifs is 3. The van der Waals surface area contributed by atoms with Crippen molar-refractivity contribution >= 4 is 43.5 Å². The van der Waals surface area contributed by atoms with Gasteiger partial charge in [0.15, 0.2) is 0 Å². The average Bonchev–Trinajstić information content (AvgIpc) is 3.30. The molecule has 0 unspecified atom stereocenters. The quantitative estimate of drug-likeness (QED) is 0.272. The van der Waals surface area contributed by atoms with E-state index in [1.54, 1.807) is 6.33 Å². The van der Waals surface area contributed by atoms with Gasteiger partial charge in [-0.05, 0) is 54.4 Å². The zero-order valence-electron chi connectivity index (χ0n) is 18.0.